The summed E-state index contributed by atoms with van der Waals surface area (Å²) in [6.07, 6.45) is 6.89. The minimum absolute atomic E-state index is 0.0459. The Hall–Kier alpha value is -2.36. The lowest BCUT2D eigenvalue weighted by Crippen LogP contribution is -2.30. The zero-order valence-electron chi connectivity index (χ0n) is 19.4. The Morgan fingerprint density at radius 1 is 1.00 bits per heavy atom. The second-order valence-corrected chi connectivity index (χ2v) is 7.19. The van der Waals surface area contributed by atoms with Gasteiger partial charge in [0.2, 0.25) is 0 Å². The van der Waals surface area contributed by atoms with Crippen LogP contribution < -0.4 is 0 Å². The first-order valence-corrected chi connectivity index (χ1v) is 10.5. The molecule has 4 nitrogen and oxygen atoms in total. The van der Waals surface area contributed by atoms with Crippen LogP contribution in [-0.4, -0.2) is 25.2 Å². The average molecular weight is 403 g/mol. The Morgan fingerprint density at radius 2 is 1.52 bits per heavy atom. The fourth-order valence-electron chi connectivity index (χ4n) is 2.45. The summed E-state index contributed by atoms with van der Waals surface area (Å²) in [6.45, 7) is 16.0. The molecule has 0 radical (unpaired) electrons. The molecule has 0 aliphatic rings. The highest BCUT2D eigenvalue weighted by atomic mass is 16.6. The summed E-state index contributed by atoms with van der Waals surface area (Å²) in [5.41, 5.74) is 2.48. The van der Waals surface area contributed by atoms with Crippen molar-refractivity contribution < 1.29 is 19.1 Å². The fourth-order valence-corrected chi connectivity index (χ4v) is 2.45. The van der Waals surface area contributed by atoms with Crippen LogP contribution in [0.4, 0.5) is 0 Å². The molecule has 0 saturated heterocycles. The number of carbonyl (C=O) groups excluding carboxylic acids is 2. The van der Waals surface area contributed by atoms with Gasteiger partial charge in [-0.25, -0.2) is 4.79 Å². The van der Waals surface area contributed by atoms with Gasteiger partial charge in [0, 0.05) is 0 Å². The molecule has 1 atom stereocenters. The van der Waals surface area contributed by atoms with Crippen LogP contribution in [0.3, 0.4) is 0 Å². The first-order valence-electron chi connectivity index (χ1n) is 10.5. The molecule has 4 heteroatoms. The van der Waals surface area contributed by atoms with Gasteiger partial charge in [0.1, 0.15) is 13.2 Å². The molecule has 1 unspecified atom stereocenters. The number of allylic oxidation sites excluding steroid dienone is 4. The number of carbonyl (C=O) groups is 2. The minimum Gasteiger partial charge on any atom is -0.462 e. The Balaban J connectivity index is 0.00000379. The largest absolute Gasteiger partial charge is 0.462 e. The van der Waals surface area contributed by atoms with Crippen molar-refractivity contribution in [2.75, 3.05) is 13.2 Å². The van der Waals surface area contributed by atoms with E-state index in [1.807, 2.05) is 78.8 Å². The van der Waals surface area contributed by atoms with Crippen molar-refractivity contribution in [2.45, 2.75) is 61.8 Å². The van der Waals surface area contributed by atoms with E-state index in [0.29, 0.717) is 5.56 Å². The van der Waals surface area contributed by atoms with E-state index in [0.717, 1.165) is 17.6 Å². The van der Waals surface area contributed by atoms with E-state index < -0.39 is 5.97 Å². The zero-order chi connectivity index (χ0) is 22.4. The Bertz CT molecular complexity index is 681. The molecule has 0 aromatic heterocycles. The average Bonchev–Trinajstić information content (AvgIpc) is 2.75. The molecule has 1 aromatic rings. The second-order valence-electron chi connectivity index (χ2n) is 7.19. The van der Waals surface area contributed by atoms with Gasteiger partial charge in [-0.1, -0.05) is 78.3 Å². The first kappa shape index (κ1) is 26.6. The lowest BCUT2D eigenvalue weighted by atomic mass is 9.78. The number of esters is 2. The topological polar surface area (TPSA) is 52.6 Å². The quantitative estimate of drug-likeness (QED) is 0.270. The molecule has 0 amide bonds. The second kappa shape index (κ2) is 13.8. The Labute approximate surface area is 177 Å². The third kappa shape index (κ3) is 8.68. The van der Waals surface area contributed by atoms with Crippen molar-refractivity contribution in [1.82, 2.24) is 0 Å². The molecule has 0 aliphatic heterocycles. The van der Waals surface area contributed by atoms with E-state index in [4.69, 9.17) is 9.47 Å². The summed E-state index contributed by atoms with van der Waals surface area (Å²) in [5.74, 6) is -0.888. The summed E-state index contributed by atoms with van der Waals surface area (Å²) in [7, 11) is 0. The monoisotopic (exact) mass is 402 g/mol. The molecule has 0 spiro atoms. The normalized spacial score (nSPS) is 12.8. The third-order valence-electron chi connectivity index (χ3n) is 5.11. The number of hydrogen-bond donors (Lipinski definition) is 0. The van der Waals surface area contributed by atoms with Gasteiger partial charge in [-0.3, -0.25) is 4.79 Å². The molecule has 0 aliphatic carbocycles. The zero-order valence-corrected chi connectivity index (χ0v) is 19.4. The Morgan fingerprint density at radius 3 is 2.00 bits per heavy atom. The van der Waals surface area contributed by atoms with Crippen molar-refractivity contribution >= 4 is 17.5 Å². The summed E-state index contributed by atoms with van der Waals surface area (Å²) >= 11 is 0. The lowest BCUT2D eigenvalue weighted by Gasteiger charge is -2.28. The molecule has 0 bridgehead atoms. The minimum atomic E-state index is -0.424. The standard InChI is InChI=1S/C23H32O4.C2H6/c1-7-10-18(8-2)19-11-13-20(14-12-19)22(25)27-16-15-26-21(24)17(4)23(5,6)9-3;1-2/h7-8,10-14,17H,9,15-16H2,1-6H3;1-2H3/b10-7-,18-8+;. The molecule has 1 rings (SSSR count). The van der Waals surface area contributed by atoms with Gasteiger partial charge in [0.05, 0.1) is 11.5 Å². The van der Waals surface area contributed by atoms with Gasteiger partial charge >= 0.3 is 11.9 Å². The predicted octanol–water partition coefficient (Wildman–Crippen LogP) is 6.46. The number of benzene rings is 1. The lowest BCUT2D eigenvalue weighted by molar-refractivity contribution is -0.153. The maximum atomic E-state index is 12.1. The van der Waals surface area contributed by atoms with Crippen LogP contribution in [0.15, 0.2) is 42.5 Å². The maximum absolute atomic E-state index is 12.1. The number of ether oxygens (including phenoxy) is 2. The molecule has 29 heavy (non-hydrogen) atoms. The van der Waals surface area contributed by atoms with Gasteiger partial charge in [0.25, 0.3) is 0 Å². The molecule has 1 aromatic carbocycles. The van der Waals surface area contributed by atoms with E-state index in [1.54, 1.807) is 12.1 Å². The van der Waals surface area contributed by atoms with Gasteiger partial charge in [-0.05, 0) is 42.5 Å². The number of hydrogen-bond acceptors (Lipinski definition) is 4. The van der Waals surface area contributed by atoms with Gasteiger partial charge in [-0.15, -0.1) is 0 Å². The van der Waals surface area contributed by atoms with Crippen LogP contribution in [0, 0.1) is 11.3 Å². The summed E-state index contributed by atoms with van der Waals surface area (Å²) < 4.78 is 10.4. The molecule has 0 saturated carbocycles. The van der Waals surface area contributed by atoms with E-state index in [-0.39, 0.29) is 30.5 Å². The van der Waals surface area contributed by atoms with Crippen molar-refractivity contribution in [3.63, 3.8) is 0 Å². The summed E-state index contributed by atoms with van der Waals surface area (Å²) in [5, 5.41) is 0. The molecule has 0 N–H and O–H groups in total. The van der Waals surface area contributed by atoms with E-state index in [2.05, 4.69) is 6.92 Å². The molecular weight excluding hydrogens is 364 g/mol. The molecular formula is C25H38O4. The van der Waals surface area contributed by atoms with Crippen molar-refractivity contribution in [1.29, 1.82) is 0 Å². The van der Waals surface area contributed by atoms with E-state index in [9.17, 15) is 9.59 Å². The van der Waals surface area contributed by atoms with Crippen molar-refractivity contribution in [3.05, 3.63) is 53.6 Å². The van der Waals surface area contributed by atoms with Crippen LogP contribution >= 0.6 is 0 Å². The van der Waals surface area contributed by atoms with Crippen LogP contribution in [-0.2, 0) is 14.3 Å². The van der Waals surface area contributed by atoms with Crippen LogP contribution in [0.25, 0.3) is 5.57 Å². The summed E-state index contributed by atoms with van der Waals surface area (Å²) in [6, 6.07) is 7.26. The van der Waals surface area contributed by atoms with Gasteiger partial charge in [-0.2, -0.15) is 0 Å². The molecule has 0 heterocycles. The summed E-state index contributed by atoms with van der Waals surface area (Å²) in [4.78, 5) is 24.2. The predicted molar refractivity (Wildman–Crippen MR) is 121 cm³/mol. The van der Waals surface area contributed by atoms with E-state index in [1.165, 1.54) is 0 Å². The SMILES string of the molecule is C/C=C\C(=C/C)c1ccc(C(=O)OCCOC(=O)C(C)C(C)(C)CC)cc1.CC. The fraction of sp³-hybridized carbons (Fsp3) is 0.520. The van der Waals surface area contributed by atoms with Crippen molar-refractivity contribution in [3.8, 4) is 0 Å². The highest BCUT2D eigenvalue weighted by Crippen LogP contribution is 2.30. The molecule has 0 fully saturated rings. The van der Waals surface area contributed by atoms with Crippen molar-refractivity contribution in [2.24, 2.45) is 11.3 Å². The maximum Gasteiger partial charge on any atom is 0.338 e. The highest BCUT2D eigenvalue weighted by molar-refractivity contribution is 5.90. The third-order valence-corrected chi connectivity index (χ3v) is 5.11. The smallest absolute Gasteiger partial charge is 0.338 e. The van der Waals surface area contributed by atoms with Gasteiger partial charge in [0.15, 0.2) is 0 Å². The van der Waals surface area contributed by atoms with Crippen LogP contribution in [0.1, 0.15) is 77.7 Å². The number of rotatable bonds is 9. The molecule has 162 valence electrons. The Kier molecular flexibility index (Phi) is 12.6. The van der Waals surface area contributed by atoms with Crippen LogP contribution in [0.2, 0.25) is 0 Å². The van der Waals surface area contributed by atoms with E-state index >= 15 is 0 Å². The van der Waals surface area contributed by atoms with Gasteiger partial charge < -0.3 is 9.47 Å². The first-order chi connectivity index (χ1) is 13.8. The van der Waals surface area contributed by atoms with Crippen LogP contribution in [0.5, 0.6) is 0 Å². The highest BCUT2D eigenvalue weighted by Gasteiger charge is 2.30.